The van der Waals surface area contributed by atoms with Crippen LogP contribution in [0.1, 0.15) is 30.6 Å². The number of guanidine groups is 1. The average Bonchev–Trinajstić information content (AvgIpc) is 3.05. The van der Waals surface area contributed by atoms with Crippen LogP contribution in [0.2, 0.25) is 0 Å². The van der Waals surface area contributed by atoms with Gasteiger partial charge in [0.25, 0.3) is 0 Å². The Balaban J connectivity index is 1.88. The molecular weight excluding hydrogens is 363 g/mol. The number of ether oxygens (including phenoxy) is 1. The summed E-state index contributed by atoms with van der Waals surface area (Å²) in [6.45, 7) is 4.26. The molecule has 0 radical (unpaired) electrons. The van der Waals surface area contributed by atoms with Crippen LogP contribution >= 0.6 is 0 Å². The summed E-state index contributed by atoms with van der Waals surface area (Å²) in [6, 6.07) is 4.83. The molecule has 1 heterocycles. The van der Waals surface area contributed by atoms with Crippen LogP contribution in [0.4, 0.5) is 13.2 Å². The number of aliphatic imine (C=N–C) groups is 1. The minimum Gasteiger partial charge on any atom is -0.489 e. The van der Waals surface area contributed by atoms with Gasteiger partial charge in [0.15, 0.2) is 11.8 Å². The minimum atomic E-state index is -4.40. The van der Waals surface area contributed by atoms with Crippen LogP contribution in [0.15, 0.2) is 33.8 Å². The van der Waals surface area contributed by atoms with Gasteiger partial charge >= 0.3 is 6.18 Å². The maximum Gasteiger partial charge on any atom is 0.416 e. The summed E-state index contributed by atoms with van der Waals surface area (Å²) in [5.41, 5.74) is -0.740. The smallest absolute Gasteiger partial charge is 0.416 e. The second kappa shape index (κ2) is 9.24. The monoisotopic (exact) mass is 385 g/mol. The van der Waals surface area contributed by atoms with Gasteiger partial charge in [0.1, 0.15) is 11.9 Å². The molecule has 0 aliphatic carbocycles. The molecular formula is C17H22F3N5O2. The van der Waals surface area contributed by atoms with Crippen molar-refractivity contribution >= 4 is 5.96 Å². The molecule has 0 amide bonds. The van der Waals surface area contributed by atoms with Crippen LogP contribution < -0.4 is 15.4 Å². The first-order valence-corrected chi connectivity index (χ1v) is 8.39. The Hall–Kier alpha value is -2.78. The molecule has 1 unspecified atom stereocenters. The Kier molecular flexibility index (Phi) is 7.03. The van der Waals surface area contributed by atoms with E-state index in [9.17, 15) is 13.2 Å². The first-order valence-electron chi connectivity index (χ1n) is 8.39. The summed E-state index contributed by atoms with van der Waals surface area (Å²) in [5, 5.41) is 9.86. The van der Waals surface area contributed by atoms with Crippen molar-refractivity contribution in [1.82, 2.24) is 20.8 Å². The van der Waals surface area contributed by atoms with Crippen molar-refractivity contribution in [2.75, 3.05) is 13.6 Å². The number of halogens is 3. The number of aryl methyl sites for hydroxylation is 1. The van der Waals surface area contributed by atoms with E-state index in [1.807, 2.05) is 6.92 Å². The summed E-state index contributed by atoms with van der Waals surface area (Å²) in [7, 11) is 1.60. The van der Waals surface area contributed by atoms with E-state index in [-0.39, 0.29) is 11.9 Å². The first kappa shape index (κ1) is 20.5. The van der Waals surface area contributed by atoms with Crippen molar-refractivity contribution in [2.24, 2.45) is 4.99 Å². The lowest BCUT2D eigenvalue weighted by Gasteiger charge is -2.20. The van der Waals surface area contributed by atoms with E-state index in [1.165, 1.54) is 12.1 Å². The van der Waals surface area contributed by atoms with Gasteiger partial charge in [0.2, 0.25) is 5.89 Å². The van der Waals surface area contributed by atoms with E-state index in [0.717, 1.165) is 12.1 Å². The van der Waals surface area contributed by atoms with Crippen molar-refractivity contribution in [3.63, 3.8) is 0 Å². The number of alkyl halides is 3. The zero-order valence-corrected chi connectivity index (χ0v) is 15.3. The highest BCUT2D eigenvalue weighted by atomic mass is 19.4. The molecule has 27 heavy (non-hydrogen) atoms. The Morgan fingerprint density at radius 3 is 2.70 bits per heavy atom. The van der Waals surface area contributed by atoms with Crippen LogP contribution in [0.25, 0.3) is 0 Å². The fraction of sp³-hybridized carbons (Fsp3) is 0.471. The number of nitrogens with one attached hydrogen (secondary N) is 2. The fourth-order valence-corrected chi connectivity index (χ4v) is 2.21. The highest BCUT2D eigenvalue weighted by Crippen LogP contribution is 2.31. The lowest BCUT2D eigenvalue weighted by atomic mass is 10.2. The highest BCUT2D eigenvalue weighted by molar-refractivity contribution is 5.79. The summed E-state index contributed by atoms with van der Waals surface area (Å²) in [6.07, 6.45) is -4.14. The molecule has 1 aromatic heterocycles. The topological polar surface area (TPSA) is 84.6 Å². The summed E-state index contributed by atoms with van der Waals surface area (Å²) in [4.78, 5) is 8.15. The normalized spacial score (nSPS) is 13.3. The summed E-state index contributed by atoms with van der Waals surface area (Å²) < 4.78 is 49.0. The second-order valence-corrected chi connectivity index (χ2v) is 5.71. The molecule has 1 atom stereocenters. The summed E-state index contributed by atoms with van der Waals surface area (Å²) >= 11 is 0. The van der Waals surface area contributed by atoms with Crippen LogP contribution in [0.5, 0.6) is 5.75 Å². The average molecular weight is 385 g/mol. The number of aromatic nitrogens is 2. The molecule has 2 rings (SSSR count). The molecule has 2 aromatic rings. The zero-order valence-electron chi connectivity index (χ0n) is 15.3. The number of benzene rings is 1. The molecule has 0 saturated carbocycles. The minimum absolute atomic E-state index is 0.170. The largest absolute Gasteiger partial charge is 0.489 e. The molecule has 0 bridgehead atoms. The molecule has 0 aliphatic heterocycles. The number of rotatable bonds is 7. The zero-order chi connectivity index (χ0) is 19.9. The number of hydrogen-bond acceptors (Lipinski definition) is 5. The van der Waals surface area contributed by atoms with Crippen molar-refractivity contribution in [3.05, 3.63) is 41.5 Å². The van der Waals surface area contributed by atoms with Crippen molar-refractivity contribution in [2.45, 2.75) is 39.1 Å². The van der Waals surface area contributed by atoms with Crippen LogP contribution in [-0.4, -0.2) is 35.8 Å². The third-order valence-electron chi connectivity index (χ3n) is 3.62. The quantitative estimate of drug-likeness (QED) is 0.563. The van der Waals surface area contributed by atoms with E-state index < -0.39 is 11.7 Å². The van der Waals surface area contributed by atoms with Gasteiger partial charge in [-0.3, -0.25) is 4.99 Å². The maximum absolute atomic E-state index is 12.8. The molecule has 0 spiro atoms. The molecule has 0 aliphatic rings. The van der Waals surface area contributed by atoms with Gasteiger partial charge in [0.05, 0.1) is 18.7 Å². The van der Waals surface area contributed by atoms with Crippen molar-refractivity contribution in [1.29, 1.82) is 0 Å². The van der Waals surface area contributed by atoms with E-state index in [4.69, 9.17) is 9.26 Å². The Morgan fingerprint density at radius 1 is 1.33 bits per heavy atom. The van der Waals surface area contributed by atoms with Crippen LogP contribution in [-0.2, 0) is 12.7 Å². The van der Waals surface area contributed by atoms with Crippen molar-refractivity contribution < 1.29 is 22.4 Å². The van der Waals surface area contributed by atoms with Gasteiger partial charge in [-0.15, -0.1) is 0 Å². The van der Waals surface area contributed by atoms with E-state index >= 15 is 0 Å². The standard InChI is InChI=1S/C17H22F3N5O2/c1-4-13(26-14-7-5-6-12(8-14)17(18,19)20)9-22-16(21-3)23-10-15-24-11(2)27-25-15/h5-8,13H,4,9-10H2,1-3H3,(H2,21,22,23). The predicted molar refractivity (Wildman–Crippen MR) is 93.4 cm³/mol. The van der Waals surface area contributed by atoms with E-state index in [2.05, 4.69) is 25.8 Å². The summed E-state index contributed by atoms with van der Waals surface area (Å²) in [5.74, 6) is 1.62. The number of nitrogens with zero attached hydrogens (tertiary/aromatic N) is 3. The Morgan fingerprint density at radius 2 is 2.11 bits per heavy atom. The van der Waals surface area contributed by atoms with Crippen LogP contribution in [0, 0.1) is 6.92 Å². The van der Waals surface area contributed by atoms with Gasteiger partial charge < -0.3 is 19.9 Å². The third kappa shape index (κ3) is 6.46. The molecule has 0 fully saturated rings. The molecule has 7 nitrogen and oxygen atoms in total. The Labute approximate surface area is 155 Å². The predicted octanol–water partition coefficient (Wildman–Crippen LogP) is 2.92. The molecule has 148 valence electrons. The van der Waals surface area contributed by atoms with Gasteiger partial charge in [0, 0.05) is 14.0 Å². The van der Waals surface area contributed by atoms with E-state index in [0.29, 0.717) is 37.2 Å². The van der Waals surface area contributed by atoms with Gasteiger partial charge in [-0.2, -0.15) is 18.2 Å². The number of hydrogen-bond donors (Lipinski definition) is 2. The van der Waals surface area contributed by atoms with Gasteiger partial charge in [-0.25, -0.2) is 0 Å². The molecule has 2 N–H and O–H groups in total. The lowest BCUT2D eigenvalue weighted by Crippen LogP contribution is -2.42. The Bertz CT molecular complexity index is 761. The molecule has 0 saturated heterocycles. The molecule has 10 heteroatoms. The van der Waals surface area contributed by atoms with Crippen LogP contribution in [0.3, 0.4) is 0 Å². The van der Waals surface area contributed by atoms with Gasteiger partial charge in [-0.1, -0.05) is 18.1 Å². The van der Waals surface area contributed by atoms with E-state index in [1.54, 1.807) is 14.0 Å². The van der Waals surface area contributed by atoms with Gasteiger partial charge in [-0.05, 0) is 24.6 Å². The highest BCUT2D eigenvalue weighted by Gasteiger charge is 2.30. The maximum atomic E-state index is 12.8. The van der Waals surface area contributed by atoms with Crippen molar-refractivity contribution in [3.8, 4) is 5.75 Å². The lowest BCUT2D eigenvalue weighted by molar-refractivity contribution is -0.137. The first-order chi connectivity index (χ1) is 12.8. The third-order valence-corrected chi connectivity index (χ3v) is 3.62. The fourth-order valence-electron chi connectivity index (χ4n) is 2.21. The second-order valence-electron chi connectivity index (χ2n) is 5.71. The molecule has 1 aromatic carbocycles. The SMILES string of the molecule is CCC(CNC(=NC)NCc1noc(C)n1)Oc1cccc(C(F)(F)F)c1.